The van der Waals surface area contributed by atoms with Crippen molar-refractivity contribution in [3.05, 3.63) is 100 Å². The topological polar surface area (TPSA) is 29.1 Å². The Morgan fingerprint density at radius 3 is 2.19 bits per heavy atom. The third-order valence-corrected chi connectivity index (χ3v) is 5.79. The first kappa shape index (κ1) is 18.8. The Labute approximate surface area is 167 Å². The van der Waals surface area contributed by atoms with E-state index in [0.717, 1.165) is 16.0 Å². The number of carbonyl (C=O) groups excluding carboxylic acids is 1. The molecular formula is C21H17Cl2NOS. The number of hydrogen-bond acceptors (Lipinski definition) is 2. The number of rotatable bonds is 6. The van der Waals surface area contributed by atoms with Crippen molar-refractivity contribution in [2.24, 2.45) is 0 Å². The fraction of sp³-hybridized carbons (Fsp3) is 0.0952. The minimum absolute atomic E-state index is 0.0453. The summed E-state index contributed by atoms with van der Waals surface area (Å²) < 4.78 is 0. The quantitative estimate of drug-likeness (QED) is 0.502. The Morgan fingerprint density at radius 2 is 1.54 bits per heavy atom. The molecule has 0 aliphatic rings. The highest BCUT2D eigenvalue weighted by Crippen LogP contribution is 2.35. The number of halogens is 2. The summed E-state index contributed by atoms with van der Waals surface area (Å²) in [5, 5.41) is 3.66. The fourth-order valence-electron chi connectivity index (χ4n) is 2.47. The largest absolute Gasteiger partial charge is 0.351 e. The maximum Gasteiger partial charge on any atom is 0.238 e. The molecule has 0 radical (unpaired) electrons. The summed E-state index contributed by atoms with van der Waals surface area (Å²) >= 11 is 13.5. The van der Waals surface area contributed by atoms with Gasteiger partial charge in [0.15, 0.2) is 0 Å². The Bertz CT molecular complexity index is 872. The van der Waals surface area contributed by atoms with Crippen LogP contribution in [0.3, 0.4) is 0 Å². The van der Waals surface area contributed by atoms with E-state index >= 15 is 0 Å². The normalized spacial score (nSPS) is 11.8. The lowest BCUT2D eigenvalue weighted by molar-refractivity contribution is -0.120. The average molecular weight is 402 g/mol. The molecule has 0 heterocycles. The van der Waals surface area contributed by atoms with Crippen molar-refractivity contribution < 1.29 is 4.79 Å². The van der Waals surface area contributed by atoms with Gasteiger partial charge in [0.25, 0.3) is 0 Å². The number of amides is 1. The molecule has 0 aromatic heterocycles. The monoisotopic (exact) mass is 401 g/mol. The van der Waals surface area contributed by atoms with Crippen LogP contribution in [0.1, 0.15) is 16.4 Å². The van der Waals surface area contributed by atoms with Gasteiger partial charge in [-0.1, -0.05) is 77.8 Å². The predicted molar refractivity (Wildman–Crippen MR) is 110 cm³/mol. The van der Waals surface area contributed by atoms with Gasteiger partial charge in [-0.2, -0.15) is 0 Å². The maximum atomic E-state index is 12.9. The van der Waals surface area contributed by atoms with Gasteiger partial charge in [-0.05, 0) is 35.4 Å². The SMILES string of the molecule is O=C(NCc1ccc(Cl)c(Cl)c1)C(Sc1ccccc1)c1ccccc1. The second-order valence-corrected chi connectivity index (χ2v) is 7.68. The fourth-order valence-corrected chi connectivity index (χ4v) is 3.86. The van der Waals surface area contributed by atoms with E-state index in [9.17, 15) is 4.79 Å². The summed E-state index contributed by atoms with van der Waals surface area (Å²) in [6.45, 7) is 0.397. The lowest BCUT2D eigenvalue weighted by Crippen LogP contribution is -2.27. The summed E-state index contributed by atoms with van der Waals surface area (Å²) in [6, 6.07) is 25.1. The van der Waals surface area contributed by atoms with Crippen LogP contribution < -0.4 is 5.32 Å². The van der Waals surface area contributed by atoms with Crippen molar-refractivity contribution in [1.29, 1.82) is 0 Å². The molecule has 1 N–H and O–H groups in total. The molecular weight excluding hydrogens is 385 g/mol. The second-order valence-electron chi connectivity index (χ2n) is 5.69. The van der Waals surface area contributed by atoms with E-state index in [1.165, 1.54) is 11.8 Å². The van der Waals surface area contributed by atoms with E-state index in [-0.39, 0.29) is 11.2 Å². The second kappa shape index (κ2) is 9.13. The molecule has 132 valence electrons. The van der Waals surface area contributed by atoms with Crippen molar-refractivity contribution in [1.82, 2.24) is 5.32 Å². The third kappa shape index (κ3) is 5.04. The van der Waals surface area contributed by atoms with Crippen LogP contribution in [0.15, 0.2) is 83.8 Å². The minimum atomic E-state index is -0.332. The molecule has 0 fully saturated rings. The van der Waals surface area contributed by atoms with E-state index in [2.05, 4.69) is 5.32 Å². The highest BCUT2D eigenvalue weighted by molar-refractivity contribution is 8.00. The molecule has 0 aliphatic heterocycles. The molecule has 3 rings (SSSR count). The first-order chi connectivity index (χ1) is 12.6. The molecule has 0 saturated carbocycles. The van der Waals surface area contributed by atoms with Crippen molar-refractivity contribution in [2.45, 2.75) is 16.7 Å². The molecule has 3 aromatic rings. The van der Waals surface area contributed by atoms with Crippen LogP contribution in [-0.4, -0.2) is 5.91 Å². The van der Waals surface area contributed by atoms with Gasteiger partial charge in [0, 0.05) is 11.4 Å². The molecule has 1 unspecified atom stereocenters. The molecule has 26 heavy (non-hydrogen) atoms. The van der Waals surface area contributed by atoms with Crippen LogP contribution in [-0.2, 0) is 11.3 Å². The maximum absolute atomic E-state index is 12.9. The smallest absolute Gasteiger partial charge is 0.238 e. The zero-order valence-electron chi connectivity index (χ0n) is 13.9. The van der Waals surface area contributed by atoms with Crippen molar-refractivity contribution >= 4 is 40.9 Å². The van der Waals surface area contributed by atoms with Crippen LogP contribution >= 0.6 is 35.0 Å². The van der Waals surface area contributed by atoms with Crippen LogP contribution in [0.5, 0.6) is 0 Å². The van der Waals surface area contributed by atoms with Gasteiger partial charge in [-0.25, -0.2) is 0 Å². The zero-order chi connectivity index (χ0) is 18.4. The van der Waals surface area contributed by atoms with Gasteiger partial charge in [0.2, 0.25) is 5.91 Å². The molecule has 1 amide bonds. The molecule has 0 aliphatic carbocycles. The molecule has 3 aromatic carbocycles. The third-order valence-electron chi connectivity index (χ3n) is 3.79. The molecule has 0 saturated heterocycles. The van der Waals surface area contributed by atoms with Crippen LogP contribution in [0.2, 0.25) is 10.0 Å². The number of hydrogen-bond donors (Lipinski definition) is 1. The molecule has 0 bridgehead atoms. The summed E-state index contributed by atoms with van der Waals surface area (Å²) in [6.07, 6.45) is 0. The number of benzene rings is 3. The Kier molecular flexibility index (Phi) is 6.62. The van der Waals surface area contributed by atoms with E-state index in [1.807, 2.05) is 66.7 Å². The summed E-state index contributed by atoms with van der Waals surface area (Å²) in [7, 11) is 0. The zero-order valence-corrected chi connectivity index (χ0v) is 16.2. The molecule has 5 heteroatoms. The summed E-state index contributed by atoms with van der Waals surface area (Å²) in [4.78, 5) is 13.9. The molecule has 2 nitrogen and oxygen atoms in total. The summed E-state index contributed by atoms with van der Waals surface area (Å²) in [5.41, 5.74) is 1.87. The lowest BCUT2D eigenvalue weighted by atomic mass is 10.1. The van der Waals surface area contributed by atoms with Gasteiger partial charge in [-0.15, -0.1) is 11.8 Å². The number of carbonyl (C=O) groups is 1. The van der Waals surface area contributed by atoms with Gasteiger partial charge in [-0.3, -0.25) is 4.79 Å². The summed E-state index contributed by atoms with van der Waals surface area (Å²) in [5.74, 6) is -0.0453. The average Bonchev–Trinajstić information content (AvgIpc) is 2.68. The number of thioether (sulfide) groups is 1. The van der Waals surface area contributed by atoms with E-state index in [4.69, 9.17) is 23.2 Å². The predicted octanol–water partition coefficient (Wildman–Crippen LogP) is 6.14. The van der Waals surface area contributed by atoms with Gasteiger partial charge in [0.05, 0.1) is 10.0 Å². The standard InChI is InChI=1S/C21H17Cl2NOS/c22-18-12-11-15(13-19(18)23)14-24-21(25)20(16-7-3-1-4-8-16)26-17-9-5-2-6-10-17/h1-13,20H,14H2,(H,24,25). The Morgan fingerprint density at radius 1 is 0.885 bits per heavy atom. The lowest BCUT2D eigenvalue weighted by Gasteiger charge is -2.17. The Hall–Kier alpha value is -1.94. The van der Waals surface area contributed by atoms with Crippen LogP contribution in [0.4, 0.5) is 0 Å². The van der Waals surface area contributed by atoms with Crippen LogP contribution in [0.25, 0.3) is 0 Å². The van der Waals surface area contributed by atoms with Gasteiger partial charge >= 0.3 is 0 Å². The highest BCUT2D eigenvalue weighted by Gasteiger charge is 2.21. The first-order valence-electron chi connectivity index (χ1n) is 8.12. The molecule has 0 spiro atoms. The van der Waals surface area contributed by atoms with Crippen molar-refractivity contribution in [3.63, 3.8) is 0 Å². The molecule has 1 atom stereocenters. The van der Waals surface area contributed by atoms with Crippen molar-refractivity contribution in [2.75, 3.05) is 0 Å². The Balaban J connectivity index is 1.75. The van der Waals surface area contributed by atoms with Crippen molar-refractivity contribution in [3.8, 4) is 0 Å². The van der Waals surface area contributed by atoms with E-state index < -0.39 is 0 Å². The minimum Gasteiger partial charge on any atom is -0.351 e. The van der Waals surface area contributed by atoms with E-state index in [0.29, 0.717) is 16.6 Å². The first-order valence-corrected chi connectivity index (χ1v) is 9.75. The number of nitrogens with one attached hydrogen (secondary N) is 1. The van der Waals surface area contributed by atoms with Gasteiger partial charge < -0.3 is 5.32 Å². The highest BCUT2D eigenvalue weighted by atomic mass is 35.5. The van der Waals surface area contributed by atoms with Crippen LogP contribution in [0, 0.1) is 0 Å². The van der Waals surface area contributed by atoms with E-state index in [1.54, 1.807) is 12.1 Å². The van der Waals surface area contributed by atoms with Gasteiger partial charge in [0.1, 0.15) is 5.25 Å².